The Morgan fingerprint density at radius 1 is 0.620 bits per heavy atom. The van der Waals surface area contributed by atoms with E-state index in [0.29, 0.717) is 0 Å². The molecule has 570 valence electrons. The van der Waals surface area contributed by atoms with Crippen LogP contribution in [0.3, 0.4) is 0 Å². The number of rotatable bonds is 20. The lowest BCUT2D eigenvalue weighted by atomic mass is 9.85. The van der Waals surface area contributed by atoms with E-state index in [2.05, 4.69) is 0 Å². The first-order chi connectivity index (χ1) is 47.5. The van der Waals surface area contributed by atoms with Crippen molar-refractivity contribution < 1.29 is 159 Å². The summed E-state index contributed by atoms with van der Waals surface area (Å²) < 4.78 is 161. The van der Waals surface area contributed by atoms with Gasteiger partial charge in [0.15, 0.2) is 61.4 Å². The Bertz CT molecular complexity index is 2960. The molecule has 37 heteroatoms. The van der Waals surface area contributed by atoms with Gasteiger partial charge in [0.1, 0.15) is 121 Å². The van der Waals surface area contributed by atoms with E-state index in [4.69, 9.17) is 146 Å². The Morgan fingerprint density at radius 2 is 1.31 bits per heavy atom. The lowest BCUT2D eigenvalue weighted by Crippen LogP contribution is -2.66. The predicted octanol–water partition coefficient (Wildman–Crippen LogP) is 1.27. The number of nitrogens with zero attached hydrogens (tertiary/aromatic N) is 1. The van der Waals surface area contributed by atoms with Crippen LogP contribution in [-0.2, 0) is 118 Å². The van der Waals surface area contributed by atoms with Gasteiger partial charge in [-0.25, -0.2) is 4.79 Å². The maximum atomic E-state index is 14.3. The minimum atomic E-state index is -1.85. The lowest BCUT2D eigenvalue weighted by molar-refractivity contribution is -0.412. The Kier molecular flexibility index (Phi) is 23.7. The van der Waals surface area contributed by atoms with E-state index in [0.717, 1.165) is 0 Å². The highest BCUT2D eigenvalue weighted by Crippen LogP contribution is 2.53. The molecule has 12 rings (SSSR count). The number of hydroxylamine groups is 2. The molecule has 0 aromatic heterocycles. The molecule has 0 aliphatic carbocycles. The molecule has 100 heavy (non-hydrogen) atoms. The summed E-state index contributed by atoms with van der Waals surface area (Å²) in [6.45, 7) is 12.6. The number of hydrogen-bond acceptors (Lipinski definition) is 35. The summed E-state index contributed by atoms with van der Waals surface area (Å²) in [4.78, 5) is 14.3. The summed E-state index contributed by atoms with van der Waals surface area (Å²) in [5.41, 5.74) is -2.87. The average Bonchev–Trinajstić information content (AvgIpc) is 1.55. The number of aliphatic hydroxyl groups excluding tert-OH is 4. The Labute approximate surface area is 586 Å². The third-order valence-corrected chi connectivity index (χ3v) is 21.6. The van der Waals surface area contributed by atoms with E-state index in [1.54, 1.807) is 41.5 Å². The van der Waals surface area contributed by atoms with Crippen LogP contribution < -0.4 is 4.74 Å². The second-order valence-electron chi connectivity index (χ2n) is 27.5. The second kappa shape index (κ2) is 30.7. The van der Waals surface area contributed by atoms with Gasteiger partial charge in [0.25, 0.3) is 5.97 Å². The summed E-state index contributed by atoms with van der Waals surface area (Å²) in [5, 5.41) is 80.2. The van der Waals surface area contributed by atoms with Gasteiger partial charge in [0.05, 0.1) is 80.5 Å². The molecule has 0 saturated carbocycles. The number of ether oxygens (including phenoxy) is 26. The SMILES string of the molecule is COCC1OC(OC2OCC3OC4(OCC(O)C5OCOC54)OC3C2OC)C(OC)C(O)C1OC1OC(C)C(OC)C(OC2CC3(C)OC4(CC(O)C(OC5CC(OC6CC(C)(N([O-])O)C(OC)C(C)O6)C(OC(=O)c6c(C)c(Cl)c(O)c(Cl)c6OC)C(C)O5)C(C)O4)OC3C(C)O2)C1O. The van der Waals surface area contributed by atoms with Crippen LogP contribution in [0.1, 0.15) is 90.1 Å². The van der Waals surface area contributed by atoms with Crippen LogP contribution in [-0.4, -0.2) is 319 Å². The summed E-state index contributed by atoms with van der Waals surface area (Å²) in [6.07, 6.45) is -33.1. The fourth-order valence-electron chi connectivity index (χ4n) is 16.0. The number of carbonyl (C=O) groups excluding carboxylic acids is 1. The molecule has 35 nitrogen and oxygen atoms in total. The van der Waals surface area contributed by atoms with Gasteiger partial charge in [-0.1, -0.05) is 23.2 Å². The Hall–Kier alpha value is -2.37. The number of hydrogen-bond donors (Lipinski definition) is 6. The minimum absolute atomic E-state index is 0.00170. The number of halogens is 2. The molecule has 0 radical (unpaired) electrons. The third kappa shape index (κ3) is 14.3. The van der Waals surface area contributed by atoms with Gasteiger partial charge in [0, 0.05) is 54.8 Å². The number of methoxy groups -OCH3 is 6. The first-order valence-corrected chi connectivity index (χ1v) is 34.1. The molecule has 11 heterocycles. The van der Waals surface area contributed by atoms with Crippen molar-refractivity contribution in [1.29, 1.82) is 0 Å². The molecule has 6 N–H and O–H groups in total. The van der Waals surface area contributed by atoms with Crippen molar-refractivity contribution in [3.8, 4) is 11.5 Å². The summed E-state index contributed by atoms with van der Waals surface area (Å²) in [5.74, 6) is -5.26. The monoisotopic (exact) mass is 1480 g/mol. The van der Waals surface area contributed by atoms with Gasteiger partial charge in [0.2, 0.25) is 0 Å². The zero-order chi connectivity index (χ0) is 72.0. The molecule has 34 atom stereocenters. The first-order valence-electron chi connectivity index (χ1n) is 33.4. The maximum absolute atomic E-state index is 14.3. The van der Waals surface area contributed by atoms with Gasteiger partial charge in [-0.05, 0) is 61.0 Å². The van der Waals surface area contributed by atoms with Crippen molar-refractivity contribution >= 4 is 29.2 Å². The molecule has 1 aromatic rings. The van der Waals surface area contributed by atoms with Gasteiger partial charge >= 0.3 is 11.9 Å². The van der Waals surface area contributed by atoms with Crippen LogP contribution >= 0.6 is 23.2 Å². The molecule has 11 fully saturated rings. The zero-order valence-electron chi connectivity index (χ0n) is 57.8. The number of esters is 1. The normalized spacial score (nSPS) is 48.8. The number of phenolic OH excluding ortho intramolecular Hbond substituents is 1. The molecule has 34 unspecified atom stereocenters. The second-order valence-corrected chi connectivity index (χ2v) is 28.3. The van der Waals surface area contributed by atoms with E-state index in [-0.39, 0.29) is 84.4 Å². The van der Waals surface area contributed by atoms with Crippen LogP contribution in [0.25, 0.3) is 0 Å². The smallest absolute Gasteiger partial charge is 0.342 e. The van der Waals surface area contributed by atoms with Crippen LogP contribution in [0.5, 0.6) is 11.5 Å². The fraction of sp³-hybridized carbons (Fsp3) is 0.889. The third-order valence-electron chi connectivity index (χ3n) is 20.8. The first kappa shape index (κ1) is 77.3. The lowest BCUT2D eigenvalue weighted by Gasteiger charge is -2.53. The Balaban J connectivity index is 0.692. The average molecular weight is 1480 g/mol. The minimum Gasteiger partial charge on any atom is -0.762 e. The highest BCUT2D eigenvalue weighted by molar-refractivity contribution is 6.39. The summed E-state index contributed by atoms with van der Waals surface area (Å²) in [6, 6.07) is 0. The molecule has 0 bridgehead atoms. The van der Waals surface area contributed by atoms with Crippen molar-refractivity contribution in [2.24, 2.45) is 0 Å². The van der Waals surface area contributed by atoms with Crippen LogP contribution in [0.15, 0.2) is 0 Å². The van der Waals surface area contributed by atoms with E-state index < -0.39 is 219 Å². The van der Waals surface area contributed by atoms with Crippen LogP contribution in [0.4, 0.5) is 0 Å². The number of benzene rings is 1. The standard InChI is InChI=1S/C63H94Cl2NO34/c1-23-37(49(77-11)39(65)40(69)38(23)64)56(72)93-44-24(2)85-34(15-31(44)89-35-17-60(7,66(73)74)53(80-14)27(5)86-35)91-43-26(4)96-62(16-29(43)67)99-54-28(6)87-36(18-61(54,8)100-62)92-50-42(71)57(88-25(3)45(50)76-10)94-47-32(20-75-9)90-59(51(78-12)41(47)70)95-58-52(79-13)48-33(21-81-58)97-63(98-48)55-46(82-22-83-55)30(68)19-84-63/h24-36,41-48,50-55,57-59,67-71,73H,15-22H2,1-14H3/q-1. The van der Waals surface area contributed by atoms with Gasteiger partial charge in [-0.3, -0.25) is 5.23 Å². The molecular formula is C63H94Cl2NO34-. The molecule has 2 spiro atoms. The fourth-order valence-corrected chi connectivity index (χ4v) is 16.5. The van der Waals surface area contributed by atoms with Crippen molar-refractivity contribution in [2.75, 3.05) is 69.3 Å². The number of aromatic hydroxyl groups is 1. The maximum Gasteiger partial charge on any atom is 0.342 e. The van der Waals surface area contributed by atoms with Crippen LogP contribution in [0, 0.1) is 12.1 Å². The molecule has 11 saturated heterocycles. The molecule has 0 amide bonds. The summed E-state index contributed by atoms with van der Waals surface area (Å²) in [7, 11) is 8.26. The highest BCUT2D eigenvalue weighted by atomic mass is 35.5. The largest absolute Gasteiger partial charge is 0.762 e. The summed E-state index contributed by atoms with van der Waals surface area (Å²) >= 11 is 12.8. The van der Waals surface area contributed by atoms with Gasteiger partial charge < -0.3 is 159 Å². The molecular weight excluding hydrogens is 1390 g/mol. The van der Waals surface area contributed by atoms with Crippen molar-refractivity contribution in [2.45, 2.75) is 288 Å². The van der Waals surface area contributed by atoms with E-state index >= 15 is 0 Å². The predicted molar refractivity (Wildman–Crippen MR) is 329 cm³/mol. The zero-order valence-corrected chi connectivity index (χ0v) is 59.3. The Morgan fingerprint density at radius 3 is 1.99 bits per heavy atom. The van der Waals surface area contributed by atoms with E-state index in [1.165, 1.54) is 56.5 Å². The van der Waals surface area contributed by atoms with Crippen LogP contribution in [0.2, 0.25) is 10.0 Å². The number of fused-ring (bicyclic) bond motifs is 4. The van der Waals surface area contributed by atoms with E-state index in [1.807, 2.05) is 0 Å². The van der Waals surface area contributed by atoms with Crippen molar-refractivity contribution in [3.05, 3.63) is 26.4 Å². The number of aliphatic hydroxyl groups is 4. The van der Waals surface area contributed by atoms with Gasteiger partial charge in [-0.15, -0.1) is 0 Å². The van der Waals surface area contributed by atoms with E-state index in [9.17, 15) is 40.7 Å². The molecule has 11 aliphatic rings. The van der Waals surface area contributed by atoms with Gasteiger partial charge in [-0.2, -0.15) is 0 Å². The van der Waals surface area contributed by atoms with Crippen molar-refractivity contribution in [3.63, 3.8) is 0 Å². The number of phenols is 1. The highest BCUT2D eigenvalue weighted by Gasteiger charge is 2.68. The molecule has 11 aliphatic heterocycles. The molecule has 1 aromatic carbocycles. The topological polar surface area (TPSA) is 405 Å². The quantitative estimate of drug-likeness (QED) is 0.0791. The van der Waals surface area contributed by atoms with Crippen molar-refractivity contribution in [1.82, 2.24) is 5.23 Å². The number of carbonyl (C=O) groups is 1.